The normalized spacial score (nSPS) is 12.2. The van der Waals surface area contributed by atoms with Crippen LogP contribution in [0.15, 0.2) is 30.6 Å². The van der Waals surface area contributed by atoms with Gasteiger partial charge in [0.2, 0.25) is 0 Å². The van der Waals surface area contributed by atoms with Crippen molar-refractivity contribution in [3.63, 3.8) is 0 Å². The van der Waals surface area contributed by atoms with E-state index in [1.807, 2.05) is 6.92 Å². The van der Waals surface area contributed by atoms with Crippen molar-refractivity contribution in [2.45, 2.75) is 19.4 Å². The molecule has 2 N–H and O–H groups in total. The van der Waals surface area contributed by atoms with E-state index in [0.717, 1.165) is 5.56 Å². The van der Waals surface area contributed by atoms with Gasteiger partial charge in [-0.1, -0.05) is 11.6 Å². The van der Waals surface area contributed by atoms with Gasteiger partial charge in [-0.05, 0) is 31.0 Å². The third kappa shape index (κ3) is 3.87. The first-order valence-electron chi connectivity index (χ1n) is 5.74. The molecule has 0 saturated heterocycles. The van der Waals surface area contributed by atoms with Gasteiger partial charge in [0.05, 0.1) is 5.02 Å². The SMILES string of the molecule is CC(N)Cc1cnc(Oc2ccc(F)c(Cl)c2)nc1. The van der Waals surface area contributed by atoms with E-state index >= 15 is 0 Å². The van der Waals surface area contributed by atoms with Crippen LogP contribution < -0.4 is 10.5 Å². The first-order valence-corrected chi connectivity index (χ1v) is 6.12. The van der Waals surface area contributed by atoms with Gasteiger partial charge in [-0.2, -0.15) is 0 Å². The van der Waals surface area contributed by atoms with Crippen molar-refractivity contribution in [2.75, 3.05) is 0 Å². The minimum atomic E-state index is -0.498. The number of halogens is 2. The smallest absolute Gasteiger partial charge is 0.321 e. The second-order valence-electron chi connectivity index (χ2n) is 4.23. The van der Waals surface area contributed by atoms with Crippen LogP contribution in [0.2, 0.25) is 5.02 Å². The van der Waals surface area contributed by atoms with Crippen LogP contribution >= 0.6 is 11.6 Å². The van der Waals surface area contributed by atoms with Crippen LogP contribution in [0.1, 0.15) is 12.5 Å². The number of rotatable bonds is 4. The van der Waals surface area contributed by atoms with Gasteiger partial charge in [0, 0.05) is 24.5 Å². The van der Waals surface area contributed by atoms with Gasteiger partial charge < -0.3 is 10.5 Å². The number of hydrogen-bond acceptors (Lipinski definition) is 4. The number of nitrogens with two attached hydrogens (primary N) is 1. The number of hydrogen-bond donors (Lipinski definition) is 1. The molecule has 0 aliphatic carbocycles. The van der Waals surface area contributed by atoms with E-state index < -0.39 is 5.82 Å². The summed E-state index contributed by atoms with van der Waals surface area (Å²) in [6, 6.07) is 4.28. The van der Waals surface area contributed by atoms with E-state index in [-0.39, 0.29) is 17.1 Å². The van der Waals surface area contributed by atoms with E-state index in [2.05, 4.69) is 9.97 Å². The Kier molecular flexibility index (Phi) is 4.29. The topological polar surface area (TPSA) is 61.0 Å². The predicted molar refractivity (Wildman–Crippen MR) is 70.9 cm³/mol. The van der Waals surface area contributed by atoms with E-state index in [0.29, 0.717) is 12.2 Å². The van der Waals surface area contributed by atoms with Crippen LogP contribution in [0.3, 0.4) is 0 Å². The summed E-state index contributed by atoms with van der Waals surface area (Å²) in [6.07, 6.45) is 4.00. The number of ether oxygens (including phenoxy) is 1. The molecule has 0 radical (unpaired) electrons. The van der Waals surface area contributed by atoms with Gasteiger partial charge in [0.15, 0.2) is 0 Å². The van der Waals surface area contributed by atoms with Gasteiger partial charge in [0.25, 0.3) is 0 Å². The Balaban J connectivity index is 2.08. The van der Waals surface area contributed by atoms with Crippen LogP contribution in [0.5, 0.6) is 11.8 Å². The lowest BCUT2D eigenvalue weighted by Crippen LogP contribution is -2.17. The molecule has 1 aromatic carbocycles. The molecular weight excluding hydrogens is 269 g/mol. The van der Waals surface area contributed by atoms with Crippen molar-refractivity contribution < 1.29 is 9.13 Å². The van der Waals surface area contributed by atoms with Gasteiger partial charge in [-0.25, -0.2) is 14.4 Å². The molecule has 4 nitrogen and oxygen atoms in total. The van der Waals surface area contributed by atoms with Gasteiger partial charge in [-0.3, -0.25) is 0 Å². The Labute approximate surface area is 115 Å². The first kappa shape index (κ1) is 13.7. The molecule has 0 aliphatic rings. The number of benzene rings is 1. The molecule has 1 heterocycles. The fourth-order valence-electron chi connectivity index (χ4n) is 1.52. The van der Waals surface area contributed by atoms with E-state index in [9.17, 15) is 4.39 Å². The van der Waals surface area contributed by atoms with E-state index in [4.69, 9.17) is 22.1 Å². The molecule has 19 heavy (non-hydrogen) atoms. The van der Waals surface area contributed by atoms with Crippen molar-refractivity contribution in [2.24, 2.45) is 5.73 Å². The highest BCUT2D eigenvalue weighted by atomic mass is 35.5. The van der Waals surface area contributed by atoms with Gasteiger partial charge >= 0.3 is 6.01 Å². The maximum Gasteiger partial charge on any atom is 0.321 e. The molecule has 0 bridgehead atoms. The van der Waals surface area contributed by atoms with Gasteiger partial charge in [-0.15, -0.1) is 0 Å². The number of nitrogens with zero attached hydrogens (tertiary/aromatic N) is 2. The highest BCUT2D eigenvalue weighted by Crippen LogP contribution is 2.24. The summed E-state index contributed by atoms with van der Waals surface area (Å²) in [6.45, 7) is 1.91. The van der Waals surface area contributed by atoms with Gasteiger partial charge in [0.1, 0.15) is 11.6 Å². The molecule has 1 unspecified atom stereocenters. The Bertz CT molecular complexity index is 560. The molecule has 6 heteroatoms. The Morgan fingerprint density at radius 3 is 2.63 bits per heavy atom. The summed E-state index contributed by atoms with van der Waals surface area (Å²) in [5.41, 5.74) is 6.61. The Hall–Kier alpha value is -1.72. The third-order valence-electron chi connectivity index (χ3n) is 2.34. The summed E-state index contributed by atoms with van der Waals surface area (Å²) < 4.78 is 18.4. The van der Waals surface area contributed by atoms with Crippen molar-refractivity contribution >= 4 is 11.6 Å². The lowest BCUT2D eigenvalue weighted by Gasteiger charge is -2.06. The lowest BCUT2D eigenvalue weighted by atomic mass is 10.1. The lowest BCUT2D eigenvalue weighted by molar-refractivity contribution is 0.439. The summed E-state index contributed by atoms with van der Waals surface area (Å²) in [5.74, 6) is -0.117. The molecule has 2 rings (SSSR count). The summed E-state index contributed by atoms with van der Waals surface area (Å²) in [4.78, 5) is 8.11. The molecular formula is C13H13ClFN3O. The molecule has 0 amide bonds. The minimum absolute atomic E-state index is 0.00826. The van der Waals surface area contributed by atoms with Crippen LogP contribution in [-0.4, -0.2) is 16.0 Å². The molecule has 1 atom stereocenters. The van der Waals surface area contributed by atoms with Crippen LogP contribution in [0.4, 0.5) is 4.39 Å². The van der Waals surface area contributed by atoms with Crippen molar-refractivity contribution in [1.82, 2.24) is 9.97 Å². The largest absolute Gasteiger partial charge is 0.424 e. The average Bonchev–Trinajstić information content (AvgIpc) is 2.36. The second kappa shape index (κ2) is 5.95. The zero-order valence-electron chi connectivity index (χ0n) is 10.3. The molecule has 2 aromatic rings. The first-order chi connectivity index (χ1) is 9.04. The maximum absolute atomic E-state index is 13.0. The molecule has 0 spiro atoms. The van der Waals surface area contributed by atoms with E-state index in [1.54, 1.807) is 12.4 Å². The summed E-state index contributed by atoms with van der Waals surface area (Å²) >= 11 is 5.65. The minimum Gasteiger partial charge on any atom is -0.424 e. The molecule has 100 valence electrons. The number of aromatic nitrogens is 2. The zero-order valence-corrected chi connectivity index (χ0v) is 11.1. The molecule has 0 saturated carbocycles. The van der Waals surface area contributed by atoms with Crippen LogP contribution in [0, 0.1) is 5.82 Å². The quantitative estimate of drug-likeness (QED) is 0.936. The summed E-state index contributed by atoms with van der Waals surface area (Å²) in [7, 11) is 0. The van der Waals surface area contributed by atoms with Crippen molar-refractivity contribution in [1.29, 1.82) is 0 Å². The maximum atomic E-state index is 13.0. The van der Waals surface area contributed by atoms with E-state index in [1.165, 1.54) is 18.2 Å². The van der Waals surface area contributed by atoms with Crippen molar-refractivity contribution in [3.8, 4) is 11.8 Å². The summed E-state index contributed by atoms with van der Waals surface area (Å²) in [5, 5.41) is -0.00826. The highest BCUT2D eigenvalue weighted by Gasteiger charge is 2.05. The fraction of sp³-hybridized carbons (Fsp3) is 0.231. The molecule has 0 fully saturated rings. The monoisotopic (exact) mass is 281 g/mol. The average molecular weight is 282 g/mol. The van der Waals surface area contributed by atoms with Crippen LogP contribution in [-0.2, 0) is 6.42 Å². The second-order valence-corrected chi connectivity index (χ2v) is 4.64. The molecule has 1 aromatic heterocycles. The Morgan fingerprint density at radius 2 is 2.05 bits per heavy atom. The van der Waals surface area contributed by atoms with Crippen LogP contribution in [0.25, 0.3) is 0 Å². The van der Waals surface area contributed by atoms with Crippen molar-refractivity contribution in [3.05, 3.63) is 47.0 Å². The third-order valence-corrected chi connectivity index (χ3v) is 2.63. The Morgan fingerprint density at radius 1 is 1.37 bits per heavy atom. The molecule has 0 aliphatic heterocycles. The standard InChI is InChI=1S/C13H13ClFN3O/c1-8(16)4-9-6-17-13(18-7-9)19-10-2-3-12(15)11(14)5-10/h2-3,5-8H,4,16H2,1H3. The fourth-order valence-corrected chi connectivity index (χ4v) is 1.69. The highest BCUT2D eigenvalue weighted by molar-refractivity contribution is 6.30. The zero-order chi connectivity index (χ0) is 13.8. The predicted octanol–water partition coefficient (Wildman–Crippen LogP) is 2.95.